The smallest absolute Gasteiger partial charge is 0.264 e. The maximum Gasteiger partial charge on any atom is 0.264 e. The monoisotopic (exact) mass is 341 g/mol. The van der Waals surface area contributed by atoms with Crippen molar-refractivity contribution in [1.29, 1.82) is 0 Å². The molecule has 0 bridgehead atoms. The third-order valence-electron chi connectivity index (χ3n) is 4.07. The molecule has 0 radical (unpaired) electrons. The first-order chi connectivity index (χ1) is 12.7. The molecule has 5 heteroatoms. The Kier molecular flexibility index (Phi) is 4.03. The van der Waals surface area contributed by atoms with Gasteiger partial charge in [0.15, 0.2) is 0 Å². The van der Waals surface area contributed by atoms with Crippen molar-refractivity contribution in [2.45, 2.75) is 0 Å². The first-order valence-electron chi connectivity index (χ1n) is 8.15. The Labute approximate surface area is 149 Å². The highest BCUT2D eigenvalue weighted by Crippen LogP contribution is 2.22. The average Bonchev–Trinajstić information content (AvgIpc) is 2.69. The minimum Gasteiger partial charge on any atom is -0.322 e. The molecular formula is C21H15N3O2. The summed E-state index contributed by atoms with van der Waals surface area (Å²) in [6.07, 6.45) is 3.47. The number of pyridine rings is 3. The summed E-state index contributed by atoms with van der Waals surface area (Å²) in [5, 5.41) is 0. The lowest BCUT2D eigenvalue weighted by Gasteiger charge is -2.12. The summed E-state index contributed by atoms with van der Waals surface area (Å²) < 4.78 is 1.57. The van der Waals surface area contributed by atoms with Crippen molar-refractivity contribution in [2.75, 3.05) is 0 Å². The van der Waals surface area contributed by atoms with Gasteiger partial charge < -0.3 is 4.98 Å². The van der Waals surface area contributed by atoms with Crippen LogP contribution in [0.5, 0.6) is 0 Å². The third kappa shape index (κ3) is 2.98. The predicted octanol–water partition coefficient (Wildman–Crippen LogP) is 3.25. The molecule has 1 aromatic carbocycles. The lowest BCUT2D eigenvalue weighted by molar-refractivity contribution is 0.990. The largest absolute Gasteiger partial charge is 0.322 e. The molecule has 26 heavy (non-hydrogen) atoms. The molecule has 0 fully saturated rings. The van der Waals surface area contributed by atoms with Crippen LogP contribution in [0.15, 0.2) is 94.8 Å². The minimum absolute atomic E-state index is 0.210. The fraction of sp³-hybridized carbons (Fsp3) is 0. The van der Waals surface area contributed by atoms with E-state index in [4.69, 9.17) is 0 Å². The van der Waals surface area contributed by atoms with Crippen molar-refractivity contribution in [3.63, 3.8) is 0 Å². The Bertz CT molecular complexity index is 1160. The summed E-state index contributed by atoms with van der Waals surface area (Å²) in [4.78, 5) is 31.9. The number of rotatable bonds is 3. The number of benzene rings is 1. The summed E-state index contributed by atoms with van der Waals surface area (Å²) in [5.74, 6) is 0. The molecule has 4 rings (SSSR count). The van der Waals surface area contributed by atoms with Gasteiger partial charge in [0, 0.05) is 29.7 Å². The van der Waals surface area contributed by atoms with E-state index in [0.29, 0.717) is 11.3 Å². The van der Waals surface area contributed by atoms with E-state index < -0.39 is 0 Å². The summed E-state index contributed by atoms with van der Waals surface area (Å²) in [6.45, 7) is 0. The van der Waals surface area contributed by atoms with Crippen LogP contribution in [0.2, 0.25) is 0 Å². The number of aromatic amines is 1. The summed E-state index contributed by atoms with van der Waals surface area (Å²) in [5.41, 5.74) is 2.70. The van der Waals surface area contributed by atoms with Crippen molar-refractivity contribution in [2.24, 2.45) is 0 Å². The number of aromatic nitrogens is 3. The van der Waals surface area contributed by atoms with Gasteiger partial charge in [0.25, 0.3) is 5.56 Å². The van der Waals surface area contributed by atoms with Crippen molar-refractivity contribution < 1.29 is 0 Å². The van der Waals surface area contributed by atoms with Crippen LogP contribution < -0.4 is 11.1 Å². The fourth-order valence-corrected chi connectivity index (χ4v) is 2.83. The van der Waals surface area contributed by atoms with Crippen LogP contribution in [0.25, 0.3) is 28.2 Å². The number of hydrogen-bond donors (Lipinski definition) is 1. The second-order valence-electron chi connectivity index (χ2n) is 5.80. The van der Waals surface area contributed by atoms with Gasteiger partial charge in [0.05, 0.1) is 17.0 Å². The highest BCUT2D eigenvalue weighted by Gasteiger charge is 2.12. The first kappa shape index (κ1) is 15.8. The number of nitrogens with one attached hydrogen (secondary N) is 1. The summed E-state index contributed by atoms with van der Waals surface area (Å²) in [7, 11) is 0. The van der Waals surface area contributed by atoms with Gasteiger partial charge in [0.2, 0.25) is 5.56 Å². The van der Waals surface area contributed by atoms with Crippen molar-refractivity contribution >= 4 is 0 Å². The van der Waals surface area contributed by atoms with Gasteiger partial charge in [-0.2, -0.15) is 0 Å². The van der Waals surface area contributed by atoms with E-state index in [9.17, 15) is 9.59 Å². The van der Waals surface area contributed by atoms with Gasteiger partial charge in [-0.15, -0.1) is 0 Å². The van der Waals surface area contributed by atoms with Crippen LogP contribution in [0, 0.1) is 0 Å². The molecule has 0 aliphatic carbocycles. The van der Waals surface area contributed by atoms with Crippen molar-refractivity contribution in [1.82, 2.24) is 14.5 Å². The molecular weight excluding hydrogens is 326 g/mol. The Morgan fingerprint density at radius 2 is 1.65 bits per heavy atom. The van der Waals surface area contributed by atoms with Crippen molar-refractivity contribution in [3.8, 4) is 28.2 Å². The Morgan fingerprint density at radius 1 is 0.846 bits per heavy atom. The van der Waals surface area contributed by atoms with Gasteiger partial charge >= 0.3 is 0 Å². The Balaban J connectivity index is 2.02. The topological polar surface area (TPSA) is 67.8 Å². The fourth-order valence-electron chi connectivity index (χ4n) is 2.83. The molecule has 5 nitrogen and oxygen atoms in total. The highest BCUT2D eigenvalue weighted by molar-refractivity contribution is 5.68. The van der Waals surface area contributed by atoms with E-state index in [0.717, 1.165) is 16.9 Å². The molecule has 0 aliphatic rings. The van der Waals surface area contributed by atoms with Crippen molar-refractivity contribution in [3.05, 3.63) is 106 Å². The van der Waals surface area contributed by atoms with E-state index >= 15 is 0 Å². The molecule has 0 amide bonds. The molecule has 0 atom stereocenters. The lowest BCUT2D eigenvalue weighted by atomic mass is 10.1. The molecule has 3 aromatic heterocycles. The van der Waals surface area contributed by atoms with Gasteiger partial charge in [-0.05, 0) is 36.4 Å². The minimum atomic E-state index is -0.253. The summed E-state index contributed by atoms with van der Waals surface area (Å²) >= 11 is 0. The van der Waals surface area contributed by atoms with Gasteiger partial charge in [-0.25, -0.2) is 0 Å². The molecule has 0 saturated heterocycles. The van der Waals surface area contributed by atoms with Crippen LogP contribution in [0.4, 0.5) is 0 Å². The molecule has 4 aromatic rings. The van der Waals surface area contributed by atoms with Crippen LogP contribution in [-0.2, 0) is 0 Å². The van der Waals surface area contributed by atoms with Crippen LogP contribution in [0.3, 0.4) is 0 Å². The normalized spacial score (nSPS) is 10.6. The van der Waals surface area contributed by atoms with E-state index in [1.54, 1.807) is 35.2 Å². The Morgan fingerprint density at radius 3 is 2.38 bits per heavy atom. The van der Waals surface area contributed by atoms with E-state index in [1.165, 1.54) is 6.07 Å². The maximum absolute atomic E-state index is 13.1. The highest BCUT2D eigenvalue weighted by atomic mass is 16.1. The van der Waals surface area contributed by atoms with Crippen LogP contribution in [-0.4, -0.2) is 14.5 Å². The number of para-hydroxylation sites is 1. The molecule has 126 valence electrons. The second-order valence-corrected chi connectivity index (χ2v) is 5.80. The zero-order valence-electron chi connectivity index (χ0n) is 13.8. The lowest BCUT2D eigenvalue weighted by Crippen LogP contribution is -2.21. The average molecular weight is 341 g/mol. The number of H-pyrrole nitrogens is 1. The SMILES string of the molecule is O=c1cccc(-c2cc(-c3ccccn3)cn(-c3ccccc3)c2=O)[nH]1. The standard InChI is InChI=1S/C21H15N3O2/c25-20-11-6-10-19(23-20)17-13-15(18-9-4-5-12-22-18)14-24(21(17)26)16-7-2-1-3-8-16/h1-14H,(H,23,25). The second kappa shape index (κ2) is 6.64. The number of nitrogens with zero attached hydrogens (tertiary/aromatic N) is 2. The zero-order valence-corrected chi connectivity index (χ0v) is 13.8. The number of hydrogen-bond acceptors (Lipinski definition) is 3. The molecule has 3 heterocycles. The first-order valence-corrected chi connectivity index (χ1v) is 8.15. The Hall–Kier alpha value is -3.73. The van der Waals surface area contributed by atoms with Crippen LogP contribution in [0.1, 0.15) is 0 Å². The maximum atomic E-state index is 13.1. The van der Waals surface area contributed by atoms with Gasteiger partial charge in [-0.3, -0.25) is 19.1 Å². The molecule has 0 aliphatic heterocycles. The van der Waals surface area contributed by atoms with E-state index in [2.05, 4.69) is 9.97 Å². The molecule has 0 saturated carbocycles. The quantitative estimate of drug-likeness (QED) is 0.622. The summed E-state index contributed by atoms with van der Waals surface area (Å²) in [6, 6.07) is 21.5. The third-order valence-corrected chi connectivity index (χ3v) is 4.07. The zero-order chi connectivity index (χ0) is 17.9. The van der Waals surface area contributed by atoms with Crippen LogP contribution >= 0.6 is 0 Å². The van der Waals surface area contributed by atoms with Gasteiger partial charge in [-0.1, -0.05) is 30.3 Å². The van der Waals surface area contributed by atoms with Gasteiger partial charge in [0.1, 0.15) is 0 Å². The van der Waals surface area contributed by atoms with E-state index in [1.807, 2.05) is 48.5 Å². The predicted molar refractivity (Wildman–Crippen MR) is 101 cm³/mol. The molecule has 1 N–H and O–H groups in total. The molecule has 0 spiro atoms. The van der Waals surface area contributed by atoms with E-state index in [-0.39, 0.29) is 11.1 Å². The molecule has 0 unspecified atom stereocenters.